The van der Waals surface area contributed by atoms with Crippen LogP contribution in [-0.4, -0.2) is 40.1 Å². The smallest absolute Gasteiger partial charge is 0.220 e. The highest BCUT2D eigenvalue weighted by Gasteiger charge is 2.12. The molecule has 0 saturated carbocycles. The fourth-order valence-corrected chi connectivity index (χ4v) is 4.32. The van der Waals surface area contributed by atoms with Gasteiger partial charge in [0, 0.05) is 52.0 Å². The molecule has 1 N–H and O–H groups in total. The molecule has 0 saturated heterocycles. The van der Waals surface area contributed by atoms with Crippen molar-refractivity contribution in [3.63, 3.8) is 0 Å². The normalized spacial score (nSPS) is 11.2. The number of carbonyl (C=O) groups excluding carboxylic acids is 1. The largest absolute Gasteiger partial charge is 0.377 e. The van der Waals surface area contributed by atoms with Crippen LogP contribution in [0.4, 0.5) is 11.4 Å². The van der Waals surface area contributed by atoms with Crippen molar-refractivity contribution in [2.75, 3.05) is 44.0 Å². The first-order valence-electron chi connectivity index (χ1n) is 10.9. The van der Waals surface area contributed by atoms with Crippen molar-refractivity contribution in [1.82, 2.24) is 5.32 Å². The van der Waals surface area contributed by atoms with Crippen LogP contribution >= 0.6 is 0 Å². The first-order chi connectivity index (χ1) is 14.2. The number of anilines is 2. The standard InChI is InChI=1S/C26H35N3O/c1-8-27-26(30)10-9-11-29(7)24-15-21-13-22-16-25(28(5)6)19(4)18(3)23(22)14-20(21)12-17(24)2/h12-16H,8-11H2,1-7H3,(H,27,30). The van der Waals surface area contributed by atoms with Gasteiger partial charge in [-0.2, -0.15) is 0 Å². The first-order valence-corrected chi connectivity index (χ1v) is 10.9. The summed E-state index contributed by atoms with van der Waals surface area (Å²) in [5, 5.41) is 8.01. The Balaban J connectivity index is 1.96. The van der Waals surface area contributed by atoms with Gasteiger partial charge in [0.2, 0.25) is 5.91 Å². The number of nitrogens with zero attached hydrogens (tertiary/aromatic N) is 2. The second-order valence-corrected chi connectivity index (χ2v) is 8.58. The Kier molecular flexibility index (Phi) is 6.55. The topological polar surface area (TPSA) is 35.6 Å². The molecule has 0 heterocycles. The van der Waals surface area contributed by atoms with Crippen LogP contribution in [0.25, 0.3) is 21.5 Å². The predicted octanol–water partition coefficient (Wildman–Crippen LogP) is 5.34. The SMILES string of the molecule is CCNC(=O)CCCN(C)c1cc2cc3cc(N(C)C)c(C)c(C)c3cc2cc1C. The quantitative estimate of drug-likeness (QED) is 0.539. The van der Waals surface area contributed by atoms with Gasteiger partial charge in [-0.25, -0.2) is 0 Å². The molecule has 160 valence electrons. The molecule has 4 heteroatoms. The van der Waals surface area contributed by atoms with Crippen LogP contribution in [-0.2, 0) is 4.79 Å². The van der Waals surface area contributed by atoms with Gasteiger partial charge in [0.05, 0.1) is 0 Å². The second kappa shape index (κ2) is 8.95. The average Bonchev–Trinajstić information content (AvgIpc) is 2.69. The fraction of sp³-hybridized carbons (Fsp3) is 0.423. The number of benzene rings is 3. The lowest BCUT2D eigenvalue weighted by atomic mass is 9.94. The van der Waals surface area contributed by atoms with E-state index >= 15 is 0 Å². The van der Waals surface area contributed by atoms with Crippen molar-refractivity contribution in [2.24, 2.45) is 0 Å². The van der Waals surface area contributed by atoms with E-state index in [-0.39, 0.29) is 5.91 Å². The number of amides is 1. The monoisotopic (exact) mass is 405 g/mol. The number of nitrogens with one attached hydrogen (secondary N) is 1. The highest BCUT2D eigenvalue weighted by molar-refractivity contribution is 6.03. The van der Waals surface area contributed by atoms with E-state index in [1.807, 2.05) is 6.92 Å². The minimum atomic E-state index is 0.134. The molecule has 3 aromatic rings. The highest BCUT2D eigenvalue weighted by atomic mass is 16.1. The van der Waals surface area contributed by atoms with Gasteiger partial charge >= 0.3 is 0 Å². The maximum Gasteiger partial charge on any atom is 0.220 e. The van der Waals surface area contributed by atoms with E-state index in [9.17, 15) is 4.79 Å². The minimum absolute atomic E-state index is 0.134. The molecule has 4 nitrogen and oxygen atoms in total. The van der Waals surface area contributed by atoms with Crippen LogP contribution in [0.2, 0.25) is 0 Å². The molecular formula is C26H35N3O. The fourth-order valence-electron chi connectivity index (χ4n) is 4.32. The Hall–Kier alpha value is -2.75. The van der Waals surface area contributed by atoms with Gasteiger partial charge < -0.3 is 15.1 Å². The van der Waals surface area contributed by atoms with E-state index in [0.29, 0.717) is 13.0 Å². The van der Waals surface area contributed by atoms with Crippen LogP contribution in [0.1, 0.15) is 36.5 Å². The molecule has 0 bridgehead atoms. The summed E-state index contributed by atoms with van der Waals surface area (Å²) < 4.78 is 0. The lowest BCUT2D eigenvalue weighted by Crippen LogP contribution is -2.25. The maximum atomic E-state index is 11.7. The number of hydrogen-bond acceptors (Lipinski definition) is 3. The summed E-state index contributed by atoms with van der Waals surface area (Å²) in [7, 11) is 6.32. The van der Waals surface area contributed by atoms with Crippen LogP contribution < -0.4 is 15.1 Å². The van der Waals surface area contributed by atoms with E-state index < -0.39 is 0 Å². The van der Waals surface area contributed by atoms with Gasteiger partial charge in [-0.15, -0.1) is 0 Å². The zero-order chi connectivity index (χ0) is 22.0. The predicted molar refractivity (Wildman–Crippen MR) is 131 cm³/mol. The summed E-state index contributed by atoms with van der Waals surface area (Å²) in [5.74, 6) is 0.134. The van der Waals surface area contributed by atoms with E-state index in [2.05, 4.69) is 87.4 Å². The summed E-state index contributed by atoms with van der Waals surface area (Å²) in [4.78, 5) is 16.2. The minimum Gasteiger partial charge on any atom is -0.377 e. The van der Waals surface area contributed by atoms with E-state index in [1.165, 1.54) is 49.6 Å². The molecule has 3 aromatic carbocycles. The molecule has 0 aliphatic heterocycles. The van der Waals surface area contributed by atoms with Crippen molar-refractivity contribution < 1.29 is 4.79 Å². The molecule has 1 amide bonds. The van der Waals surface area contributed by atoms with Crippen molar-refractivity contribution in [1.29, 1.82) is 0 Å². The van der Waals surface area contributed by atoms with Gasteiger partial charge in [-0.05, 0) is 103 Å². The molecule has 0 fully saturated rings. The van der Waals surface area contributed by atoms with Gasteiger partial charge in [-0.1, -0.05) is 0 Å². The third-order valence-corrected chi connectivity index (χ3v) is 6.13. The lowest BCUT2D eigenvalue weighted by molar-refractivity contribution is -0.121. The Labute approximate surface area is 180 Å². The average molecular weight is 406 g/mol. The Morgan fingerprint density at radius 2 is 1.53 bits per heavy atom. The third kappa shape index (κ3) is 4.38. The summed E-state index contributed by atoms with van der Waals surface area (Å²) in [5.41, 5.74) is 6.46. The molecule has 0 radical (unpaired) electrons. The van der Waals surface area contributed by atoms with Gasteiger partial charge in [0.25, 0.3) is 0 Å². The van der Waals surface area contributed by atoms with Gasteiger partial charge in [0.1, 0.15) is 0 Å². The van der Waals surface area contributed by atoms with Crippen molar-refractivity contribution >= 4 is 38.8 Å². The van der Waals surface area contributed by atoms with Crippen LogP contribution in [0, 0.1) is 20.8 Å². The lowest BCUT2D eigenvalue weighted by Gasteiger charge is -2.23. The number of fused-ring (bicyclic) bond motifs is 2. The summed E-state index contributed by atoms with van der Waals surface area (Å²) in [6, 6.07) is 11.5. The summed E-state index contributed by atoms with van der Waals surface area (Å²) in [6.45, 7) is 10.1. The molecule has 30 heavy (non-hydrogen) atoms. The molecule has 0 aromatic heterocycles. The molecule has 3 rings (SSSR count). The zero-order valence-corrected chi connectivity index (χ0v) is 19.5. The van der Waals surface area contributed by atoms with E-state index in [4.69, 9.17) is 0 Å². The zero-order valence-electron chi connectivity index (χ0n) is 19.5. The third-order valence-electron chi connectivity index (χ3n) is 6.13. The maximum absolute atomic E-state index is 11.7. The second-order valence-electron chi connectivity index (χ2n) is 8.58. The summed E-state index contributed by atoms with van der Waals surface area (Å²) in [6.07, 6.45) is 1.42. The van der Waals surface area contributed by atoms with E-state index in [1.54, 1.807) is 0 Å². The number of carbonyl (C=O) groups is 1. The first kappa shape index (κ1) is 21.9. The van der Waals surface area contributed by atoms with Crippen molar-refractivity contribution in [3.8, 4) is 0 Å². The van der Waals surface area contributed by atoms with Crippen LogP contribution in [0.15, 0.2) is 30.3 Å². The van der Waals surface area contributed by atoms with Gasteiger partial charge in [0.15, 0.2) is 0 Å². The van der Waals surface area contributed by atoms with Crippen molar-refractivity contribution in [3.05, 3.63) is 47.0 Å². The molecular weight excluding hydrogens is 370 g/mol. The Morgan fingerprint density at radius 3 is 2.20 bits per heavy atom. The van der Waals surface area contributed by atoms with Crippen LogP contribution in [0.3, 0.4) is 0 Å². The van der Waals surface area contributed by atoms with E-state index in [0.717, 1.165) is 13.0 Å². The van der Waals surface area contributed by atoms with Gasteiger partial charge in [-0.3, -0.25) is 4.79 Å². The summed E-state index contributed by atoms with van der Waals surface area (Å²) >= 11 is 0. The van der Waals surface area contributed by atoms with Crippen molar-refractivity contribution in [2.45, 2.75) is 40.5 Å². The Bertz CT molecular complexity index is 1090. The number of rotatable bonds is 7. The number of aryl methyl sites for hydroxylation is 2. The molecule has 0 aliphatic carbocycles. The Morgan fingerprint density at radius 1 is 0.867 bits per heavy atom. The molecule has 0 aliphatic rings. The molecule has 0 atom stereocenters. The molecule has 0 unspecified atom stereocenters. The molecule has 0 spiro atoms. The highest BCUT2D eigenvalue weighted by Crippen LogP contribution is 2.35. The van der Waals surface area contributed by atoms with Crippen LogP contribution in [0.5, 0.6) is 0 Å². The number of hydrogen-bond donors (Lipinski definition) is 1.